The quantitative estimate of drug-likeness (QED) is 0.755. The van der Waals surface area contributed by atoms with Gasteiger partial charge in [0.2, 0.25) is 6.79 Å². The molecule has 0 aromatic heterocycles. The number of fused-ring (bicyclic) bond motifs is 1. The molecule has 1 atom stereocenters. The van der Waals surface area contributed by atoms with Crippen molar-refractivity contribution in [1.29, 1.82) is 0 Å². The Kier molecular flexibility index (Phi) is 2.10. The van der Waals surface area contributed by atoms with E-state index in [9.17, 15) is 5.11 Å². The van der Waals surface area contributed by atoms with E-state index in [0.717, 1.165) is 17.1 Å². The van der Waals surface area contributed by atoms with E-state index < -0.39 is 6.10 Å². The van der Waals surface area contributed by atoms with Crippen LogP contribution >= 0.6 is 0 Å². The maximum Gasteiger partial charge on any atom is 0.231 e. The lowest BCUT2D eigenvalue weighted by Gasteiger charge is -2.07. The van der Waals surface area contributed by atoms with Crippen LogP contribution in [0.4, 0.5) is 0 Å². The first-order valence-electron chi connectivity index (χ1n) is 4.39. The molecule has 0 bridgehead atoms. The van der Waals surface area contributed by atoms with Crippen molar-refractivity contribution >= 4 is 0 Å². The van der Waals surface area contributed by atoms with Crippen LogP contribution in [0, 0.1) is 0 Å². The molecule has 1 heterocycles. The number of benzene rings is 1. The van der Waals surface area contributed by atoms with Crippen LogP contribution in [0.25, 0.3) is 0 Å². The van der Waals surface area contributed by atoms with E-state index in [1.165, 1.54) is 0 Å². The van der Waals surface area contributed by atoms with Gasteiger partial charge in [0.15, 0.2) is 11.5 Å². The standard InChI is InChI=1S/C10H12O3/c1-2-8(11)7-3-4-9-10(5-7)13-6-12-9/h3-5,8,11H,2,6H2,1H3/t8-/m1/s1. The summed E-state index contributed by atoms with van der Waals surface area (Å²) in [5.74, 6) is 1.48. The van der Waals surface area contributed by atoms with Gasteiger partial charge in [0.05, 0.1) is 6.10 Å². The third-order valence-corrected chi connectivity index (χ3v) is 2.17. The summed E-state index contributed by atoms with van der Waals surface area (Å²) in [6.45, 7) is 2.22. The molecule has 0 saturated carbocycles. The van der Waals surface area contributed by atoms with E-state index in [2.05, 4.69) is 0 Å². The molecule has 70 valence electrons. The van der Waals surface area contributed by atoms with Crippen LogP contribution in [0.1, 0.15) is 25.0 Å². The van der Waals surface area contributed by atoms with Crippen LogP contribution in [-0.4, -0.2) is 11.9 Å². The minimum Gasteiger partial charge on any atom is -0.454 e. The normalized spacial score (nSPS) is 15.8. The lowest BCUT2D eigenvalue weighted by Crippen LogP contribution is -1.94. The average molecular weight is 180 g/mol. The molecule has 13 heavy (non-hydrogen) atoms. The highest BCUT2D eigenvalue weighted by atomic mass is 16.7. The van der Waals surface area contributed by atoms with E-state index in [4.69, 9.17) is 9.47 Å². The second-order valence-corrected chi connectivity index (χ2v) is 3.04. The van der Waals surface area contributed by atoms with Gasteiger partial charge in [-0.2, -0.15) is 0 Å². The molecule has 3 nitrogen and oxygen atoms in total. The van der Waals surface area contributed by atoms with Crippen LogP contribution in [0.3, 0.4) is 0 Å². The van der Waals surface area contributed by atoms with E-state index in [1.807, 2.05) is 25.1 Å². The minimum atomic E-state index is -0.408. The summed E-state index contributed by atoms with van der Waals surface area (Å²) in [6.07, 6.45) is 0.300. The van der Waals surface area contributed by atoms with Crippen molar-refractivity contribution in [2.45, 2.75) is 19.4 Å². The molecule has 1 aliphatic heterocycles. The average Bonchev–Trinajstić information content (AvgIpc) is 2.63. The van der Waals surface area contributed by atoms with Crippen molar-refractivity contribution in [3.63, 3.8) is 0 Å². The second kappa shape index (κ2) is 3.26. The van der Waals surface area contributed by atoms with Gasteiger partial charge in [0.25, 0.3) is 0 Å². The van der Waals surface area contributed by atoms with Gasteiger partial charge in [-0.1, -0.05) is 13.0 Å². The molecule has 1 aliphatic rings. The van der Waals surface area contributed by atoms with E-state index in [-0.39, 0.29) is 6.79 Å². The molecule has 1 aromatic carbocycles. The summed E-state index contributed by atoms with van der Waals surface area (Å²) >= 11 is 0. The molecular formula is C10H12O3. The predicted octanol–water partition coefficient (Wildman–Crippen LogP) is 1.86. The van der Waals surface area contributed by atoms with Gasteiger partial charge in [-0.15, -0.1) is 0 Å². The summed E-state index contributed by atoms with van der Waals surface area (Å²) in [4.78, 5) is 0. The molecule has 0 spiro atoms. The monoisotopic (exact) mass is 180 g/mol. The first-order valence-corrected chi connectivity index (χ1v) is 4.39. The fraction of sp³-hybridized carbons (Fsp3) is 0.400. The first kappa shape index (κ1) is 8.38. The van der Waals surface area contributed by atoms with Crippen LogP contribution in [0.5, 0.6) is 11.5 Å². The number of aliphatic hydroxyl groups is 1. The zero-order valence-electron chi connectivity index (χ0n) is 7.49. The zero-order chi connectivity index (χ0) is 9.26. The summed E-state index contributed by atoms with van der Waals surface area (Å²) < 4.78 is 10.4. The highest BCUT2D eigenvalue weighted by Crippen LogP contribution is 2.34. The second-order valence-electron chi connectivity index (χ2n) is 3.04. The number of hydrogen-bond acceptors (Lipinski definition) is 3. The summed E-state index contributed by atoms with van der Waals surface area (Å²) in [5, 5.41) is 9.56. The van der Waals surface area contributed by atoms with Crippen molar-refractivity contribution in [3.05, 3.63) is 23.8 Å². The molecular weight excluding hydrogens is 168 g/mol. The maximum atomic E-state index is 9.56. The topological polar surface area (TPSA) is 38.7 Å². The lowest BCUT2D eigenvalue weighted by molar-refractivity contribution is 0.169. The van der Waals surface area contributed by atoms with Gasteiger partial charge in [-0.05, 0) is 24.1 Å². The van der Waals surface area contributed by atoms with E-state index in [1.54, 1.807) is 0 Å². The highest BCUT2D eigenvalue weighted by Gasteiger charge is 2.15. The first-order chi connectivity index (χ1) is 6.31. The molecule has 1 N–H and O–H groups in total. The van der Waals surface area contributed by atoms with Crippen molar-refractivity contribution in [2.75, 3.05) is 6.79 Å². The van der Waals surface area contributed by atoms with Crippen molar-refractivity contribution < 1.29 is 14.6 Å². The molecule has 3 heteroatoms. The smallest absolute Gasteiger partial charge is 0.231 e. The molecule has 0 aliphatic carbocycles. The van der Waals surface area contributed by atoms with Crippen LogP contribution < -0.4 is 9.47 Å². The minimum absolute atomic E-state index is 0.279. The Morgan fingerprint density at radius 2 is 2.15 bits per heavy atom. The van der Waals surface area contributed by atoms with Gasteiger partial charge in [0.1, 0.15) is 0 Å². The molecule has 0 saturated heterocycles. The van der Waals surface area contributed by atoms with Crippen LogP contribution in [0.2, 0.25) is 0 Å². The molecule has 0 unspecified atom stereocenters. The lowest BCUT2D eigenvalue weighted by atomic mass is 10.1. The number of rotatable bonds is 2. The predicted molar refractivity (Wildman–Crippen MR) is 47.8 cm³/mol. The fourth-order valence-corrected chi connectivity index (χ4v) is 1.36. The summed E-state index contributed by atoms with van der Waals surface area (Å²) in [7, 11) is 0. The van der Waals surface area contributed by atoms with Crippen molar-refractivity contribution in [1.82, 2.24) is 0 Å². The van der Waals surface area contributed by atoms with Gasteiger partial charge in [-0.3, -0.25) is 0 Å². The third kappa shape index (κ3) is 1.47. The van der Waals surface area contributed by atoms with Gasteiger partial charge in [-0.25, -0.2) is 0 Å². The Labute approximate surface area is 76.9 Å². The summed E-state index contributed by atoms with van der Waals surface area (Å²) in [5.41, 5.74) is 0.881. The molecule has 0 amide bonds. The van der Waals surface area contributed by atoms with Gasteiger partial charge >= 0.3 is 0 Å². The Morgan fingerprint density at radius 1 is 1.38 bits per heavy atom. The summed E-state index contributed by atoms with van der Waals surface area (Å²) in [6, 6.07) is 5.52. The van der Waals surface area contributed by atoms with E-state index in [0.29, 0.717) is 6.42 Å². The SMILES string of the molecule is CC[C@@H](O)c1ccc2c(c1)OCO2. The highest BCUT2D eigenvalue weighted by molar-refractivity contribution is 5.44. The van der Waals surface area contributed by atoms with Gasteiger partial charge in [0, 0.05) is 0 Å². The van der Waals surface area contributed by atoms with Crippen molar-refractivity contribution in [3.8, 4) is 11.5 Å². The number of ether oxygens (including phenoxy) is 2. The fourth-order valence-electron chi connectivity index (χ4n) is 1.36. The Morgan fingerprint density at radius 3 is 2.92 bits per heavy atom. The molecule has 0 radical (unpaired) electrons. The Bertz CT molecular complexity index is 309. The largest absolute Gasteiger partial charge is 0.454 e. The van der Waals surface area contributed by atoms with Gasteiger partial charge < -0.3 is 14.6 Å². The number of hydrogen-bond donors (Lipinski definition) is 1. The maximum absolute atomic E-state index is 9.56. The van der Waals surface area contributed by atoms with E-state index >= 15 is 0 Å². The molecule has 1 aromatic rings. The van der Waals surface area contributed by atoms with Crippen molar-refractivity contribution in [2.24, 2.45) is 0 Å². The Balaban J connectivity index is 2.30. The molecule has 0 fully saturated rings. The number of aliphatic hydroxyl groups excluding tert-OH is 1. The molecule has 2 rings (SSSR count). The third-order valence-electron chi connectivity index (χ3n) is 2.17. The zero-order valence-corrected chi connectivity index (χ0v) is 7.49. The Hall–Kier alpha value is -1.22. The van der Waals surface area contributed by atoms with Crippen LogP contribution in [0.15, 0.2) is 18.2 Å². The van der Waals surface area contributed by atoms with Crippen LogP contribution in [-0.2, 0) is 0 Å².